The third-order valence-electron chi connectivity index (χ3n) is 0.762. The minimum Gasteiger partial charge on any atom is -0.780 e. The molecule has 92 valence electrons. The SMILES string of the molecule is C=C(OP(=O)([O-])[O-])C(=O)O.CC(=O)C(=O)O. The average molecular weight is 254 g/mol. The molecule has 0 aromatic rings. The van der Waals surface area contributed by atoms with Crippen LogP contribution in [0.2, 0.25) is 0 Å². The number of carbonyl (C=O) groups is 3. The van der Waals surface area contributed by atoms with Crippen LogP contribution in [0.5, 0.6) is 0 Å². The topological polar surface area (TPSA) is 164 Å². The average Bonchev–Trinajstić information content (AvgIpc) is 2.01. The van der Waals surface area contributed by atoms with Gasteiger partial charge in [0.2, 0.25) is 11.5 Å². The van der Waals surface area contributed by atoms with Gasteiger partial charge in [-0.3, -0.25) is 4.79 Å². The van der Waals surface area contributed by atoms with E-state index in [9.17, 15) is 28.7 Å². The Morgan fingerprint density at radius 2 is 1.50 bits per heavy atom. The Morgan fingerprint density at radius 1 is 1.19 bits per heavy atom. The largest absolute Gasteiger partial charge is 0.780 e. The van der Waals surface area contributed by atoms with Crippen molar-refractivity contribution < 1.29 is 43.5 Å². The Labute approximate surface area is 89.2 Å². The summed E-state index contributed by atoms with van der Waals surface area (Å²) < 4.78 is 13.0. The fraction of sp³-hybridized carbons (Fsp3) is 0.167. The van der Waals surface area contributed by atoms with E-state index in [0.29, 0.717) is 0 Å². The lowest BCUT2D eigenvalue weighted by atomic mass is 10.5. The summed E-state index contributed by atoms with van der Waals surface area (Å²) in [6, 6.07) is 0. The number of carboxylic acid groups (broad SMARTS) is 2. The molecule has 0 spiro atoms. The van der Waals surface area contributed by atoms with Crippen LogP contribution in [0.3, 0.4) is 0 Å². The smallest absolute Gasteiger partial charge is 0.371 e. The Balaban J connectivity index is 0. The maximum Gasteiger partial charge on any atom is 0.371 e. The van der Waals surface area contributed by atoms with Gasteiger partial charge >= 0.3 is 11.9 Å². The first-order valence-electron chi connectivity index (χ1n) is 3.35. The molecule has 0 aliphatic carbocycles. The highest BCUT2D eigenvalue weighted by Crippen LogP contribution is 2.27. The van der Waals surface area contributed by atoms with Crippen LogP contribution < -0.4 is 9.79 Å². The number of Topliss-reactive ketones (excluding diaryl/α,β-unsaturated/α-hetero) is 1. The maximum atomic E-state index is 9.75. The predicted molar refractivity (Wildman–Crippen MR) is 43.8 cm³/mol. The molecule has 10 heteroatoms. The molecule has 0 saturated heterocycles. The molecule has 0 aromatic heterocycles. The van der Waals surface area contributed by atoms with Crippen LogP contribution in [0.15, 0.2) is 12.3 Å². The molecule has 0 atom stereocenters. The zero-order valence-corrected chi connectivity index (χ0v) is 8.80. The van der Waals surface area contributed by atoms with E-state index in [1.54, 1.807) is 0 Å². The number of ketones is 1. The second-order valence-electron chi connectivity index (χ2n) is 2.13. The Bertz CT molecular complexity index is 339. The van der Waals surface area contributed by atoms with Crippen molar-refractivity contribution in [3.8, 4) is 0 Å². The number of hydrogen-bond donors (Lipinski definition) is 2. The van der Waals surface area contributed by atoms with Gasteiger partial charge in [-0.1, -0.05) is 0 Å². The van der Waals surface area contributed by atoms with Gasteiger partial charge in [0.15, 0.2) is 0 Å². The van der Waals surface area contributed by atoms with Crippen LogP contribution >= 0.6 is 7.82 Å². The van der Waals surface area contributed by atoms with Gasteiger partial charge < -0.3 is 29.1 Å². The number of carboxylic acids is 2. The second-order valence-corrected chi connectivity index (χ2v) is 3.21. The Hall–Kier alpha value is -1.70. The molecule has 0 amide bonds. The molecule has 0 aromatic carbocycles. The quantitative estimate of drug-likeness (QED) is 0.252. The lowest BCUT2D eigenvalue weighted by Crippen LogP contribution is -2.18. The Morgan fingerprint density at radius 3 is 1.56 bits per heavy atom. The molecule has 2 N–H and O–H groups in total. The summed E-state index contributed by atoms with van der Waals surface area (Å²) in [5.41, 5.74) is 0. The van der Waals surface area contributed by atoms with Gasteiger partial charge in [-0.15, -0.1) is 0 Å². The molecule has 0 heterocycles. The van der Waals surface area contributed by atoms with Crippen LogP contribution in [0.25, 0.3) is 0 Å². The van der Waals surface area contributed by atoms with Gasteiger partial charge in [-0.05, 0) is 6.58 Å². The molecule has 0 radical (unpaired) electrons. The summed E-state index contributed by atoms with van der Waals surface area (Å²) in [6.45, 7) is 3.65. The summed E-state index contributed by atoms with van der Waals surface area (Å²) in [6.07, 6.45) is 0. The van der Waals surface area contributed by atoms with E-state index in [0.717, 1.165) is 6.92 Å². The zero-order chi connectivity index (χ0) is 13.5. The van der Waals surface area contributed by atoms with E-state index >= 15 is 0 Å². The first kappa shape index (κ1) is 16.7. The van der Waals surface area contributed by atoms with Crippen molar-refractivity contribution in [3.05, 3.63) is 12.3 Å². The van der Waals surface area contributed by atoms with Crippen molar-refractivity contribution in [3.63, 3.8) is 0 Å². The minimum absolute atomic E-state index is 0.824. The molecule has 0 bridgehead atoms. The van der Waals surface area contributed by atoms with Crippen molar-refractivity contribution >= 4 is 25.5 Å². The first-order chi connectivity index (χ1) is 6.97. The standard InChI is InChI=1S/C3H5O6P.C3H4O3/c1-2(3(4)5)9-10(6,7)8;1-2(4)3(5)6/h1H2,(H,4,5)(H2,6,7,8);1H3,(H,5,6)/p-2. The van der Waals surface area contributed by atoms with Crippen LogP contribution in [-0.4, -0.2) is 27.9 Å². The third kappa shape index (κ3) is 12.3. The molecule has 0 fully saturated rings. The molecular weight excluding hydrogens is 247 g/mol. The van der Waals surface area contributed by atoms with Gasteiger partial charge in [0.25, 0.3) is 0 Å². The number of aliphatic carboxylic acids is 2. The van der Waals surface area contributed by atoms with Crippen molar-refractivity contribution in [1.29, 1.82) is 0 Å². The second kappa shape index (κ2) is 6.72. The van der Waals surface area contributed by atoms with Gasteiger partial charge in [-0.2, -0.15) is 0 Å². The van der Waals surface area contributed by atoms with Gasteiger partial charge in [0, 0.05) is 6.92 Å². The van der Waals surface area contributed by atoms with E-state index < -0.39 is 31.3 Å². The Kier molecular flexibility index (Phi) is 7.03. The van der Waals surface area contributed by atoms with Crippen molar-refractivity contribution in [2.24, 2.45) is 0 Å². The lowest BCUT2D eigenvalue weighted by Gasteiger charge is -2.28. The first-order valence-corrected chi connectivity index (χ1v) is 4.81. The van der Waals surface area contributed by atoms with Crippen LogP contribution in [0.1, 0.15) is 6.92 Å². The maximum absolute atomic E-state index is 9.75. The van der Waals surface area contributed by atoms with Gasteiger partial charge in [0.1, 0.15) is 7.82 Å². The van der Waals surface area contributed by atoms with Crippen LogP contribution in [0, 0.1) is 0 Å². The minimum atomic E-state index is -5.26. The van der Waals surface area contributed by atoms with E-state index in [2.05, 4.69) is 11.1 Å². The predicted octanol–water partition coefficient (Wildman–Crippen LogP) is -1.91. The molecule has 0 rings (SSSR count). The van der Waals surface area contributed by atoms with Crippen molar-refractivity contribution in [2.75, 3.05) is 0 Å². The monoisotopic (exact) mass is 254 g/mol. The number of carbonyl (C=O) groups excluding carboxylic acids is 1. The van der Waals surface area contributed by atoms with Gasteiger partial charge in [-0.25, -0.2) is 9.59 Å². The van der Waals surface area contributed by atoms with Crippen LogP contribution in [0.4, 0.5) is 0 Å². The highest BCUT2D eigenvalue weighted by molar-refractivity contribution is 7.43. The molecule has 9 nitrogen and oxygen atoms in total. The van der Waals surface area contributed by atoms with E-state index in [1.807, 2.05) is 0 Å². The van der Waals surface area contributed by atoms with Crippen molar-refractivity contribution in [1.82, 2.24) is 0 Å². The highest BCUT2D eigenvalue weighted by atomic mass is 31.2. The van der Waals surface area contributed by atoms with E-state index in [1.165, 1.54) is 0 Å². The summed E-state index contributed by atoms with van der Waals surface area (Å²) in [5, 5.41) is 15.6. The number of phosphoric acid groups is 1. The molecule has 0 saturated carbocycles. The molecule has 16 heavy (non-hydrogen) atoms. The number of hydrogen-bond acceptors (Lipinski definition) is 7. The summed E-state index contributed by atoms with van der Waals surface area (Å²) >= 11 is 0. The summed E-state index contributed by atoms with van der Waals surface area (Å²) in [4.78, 5) is 48.0. The zero-order valence-electron chi connectivity index (χ0n) is 7.91. The van der Waals surface area contributed by atoms with Crippen LogP contribution in [-0.2, 0) is 23.5 Å². The van der Waals surface area contributed by atoms with Crippen molar-refractivity contribution in [2.45, 2.75) is 6.92 Å². The fourth-order valence-corrected chi connectivity index (χ4v) is 0.522. The van der Waals surface area contributed by atoms with E-state index in [-0.39, 0.29) is 0 Å². The molecular formula is C6H7O9P-2. The molecule has 0 unspecified atom stereocenters. The molecule has 0 aliphatic rings. The number of rotatable bonds is 4. The van der Waals surface area contributed by atoms with Gasteiger partial charge in [0.05, 0.1) is 0 Å². The fourth-order valence-electron chi connectivity index (χ4n) is 0.174. The normalized spacial score (nSPS) is 9.44. The summed E-state index contributed by atoms with van der Waals surface area (Å²) in [5.74, 6) is -5.00. The highest BCUT2D eigenvalue weighted by Gasteiger charge is 2.05. The third-order valence-corrected chi connectivity index (χ3v) is 1.21. The summed E-state index contributed by atoms with van der Waals surface area (Å²) in [7, 11) is -5.26. The van der Waals surface area contributed by atoms with E-state index in [4.69, 9.17) is 10.2 Å². The molecule has 0 aliphatic heterocycles. The number of phosphoric ester groups is 1. The lowest BCUT2D eigenvalue weighted by molar-refractivity contribution is -0.338.